The third-order valence-electron chi connectivity index (χ3n) is 3.14. The zero-order chi connectivity index (χ0) is 12.3. The van der Waals surface area contributed by atoms with Gasteiger partial charge in [0.05, 0.1) is 13.1 Å². The molecular formula is C14H24N2O. The van der Waals surface area contributed by atoms with E-state index in [2.05, 4.69) is 43.2 Å². The lowest BCUT2D eigenvalue weighted by Gasteiger charge is -2.13. The number of nitrogens with zero attached hydrogens (tertiary/aromatic N) is 1. The molecule has 0 atom stereocenters. The van der Waals surface area contributed by atoms with Gasteiger partial charge in [-0.05, 0) is 44.5 Å². The largest absolute Gasteiger partial charge is 0.463 e. The second-order valence-electron chi connectivity index (χ2n) is 5.54. The number of nitrogens with one attached hydrogen (secondary N) is 1. The molecule has 0 unspecified atom stereocenters. The monoisotopic (exact) mass is 236 g/mol. The molecule has 0 amide bonds. The van der Waals surface area contributed by atoms with Crippen LogP contribution in [0.5, 0.6) is 0 Å². The van der Waals surface area contributed by atoms with E-state index in [1.807, 2.05) is 0 Å². The third kappa shape index (κ3) is 4.17. The summed E-state index contributed by atoms with van der Waals surface area (Å²) in [5.74, 6) is 2.82. The van der Waals surface area contributed by atoms with Crippen molar-refractivity contribution >= 4 is 0 Å². The van der Waals surface area contributed by atoms with Crippen LogP contribution in [0.4, 0.5) is 0 Å². The Kier molecular flexibility index (Phi) is 4.24. The highest BCUT2D eigenvalue weighted by Gasteiger charge is 2.26. The Morgan fingerprint density at radius 3 is 2.71 bits per heavy atom. The van der Waals surface area contributed by atoms with Crippen molar-refractivity contribution in [3.8, 4) is 0 Å². The molecule has 1 heterocycles. The van der Waals surface area contributed by atoms with Gasteiger partial charge in [0, 0.05) is 6.04 Å². The van der Waals surface area contributed by atoms with Crippen LogP contribution in [0.1, 0.15) is 38.2 Å². The number of hydrogen-bond acceptors (Lipinski definition) is 3. The first-order valence-corrected chi connectivity index (χ1v) is 6.63. The molecule has 1 aromatic rings. The van der Waals surface area contributed by atoms with Gasteiger partial charge >= 0.3 is 0 Å². The van der Waals surface area contributed by atoms with Gasteiger partial charge in [-0.15, -0.1) is 0 Å². The predicted molar refractivity (Wildman–Crippen MR) is 69.7 cm³/mol. The summed E-state index contributed by atoms with van der Waals surface area (Å²) in [5.41, 5.74) is 0. The molecule has 3 heteroatoms. The summed E-state index contributed by atoms with van der Waals surface area (Å²) in [7, 11) is 2.18. The SMILES string of the molecule is CC(C)CNCc1ccc(CN(C)C2CC2)o1. The molecule has 17 heavy (non-hydrogen) atoms. The molecule has 1 aromatic heterocycles. The van der Waals surface area contributed by atoms with Gasteiger partial charge in [-0.25, -0.2) is 0 Å². The topological polar surface area (TPSA) is 28.4 Å². The lowest BCUT2D eigenvalue weighted by molar-refractivity contribution is 0.280. The van der Waals surface area contributed by atoms with Crippen LogP contribution >= 0.6 is 0 Å². The van der Waals surface area contributed by atoms with Crippen molar-refractivity contribution in [2.75, 3.05) is 13.6 Å². The van der Waals surface area contributed by atoms with E-state index in [1.165, 1.54) is 12.8 Å². The molecule has 96 valence electrons. The van der Waals surface area contributed by atoms with Crippen molar-refractivity contribution < 1.29 is 4.42 Å². The van der Waals surface area contributed by atoms with E-state index < -0.39 is 0 Å². The van der Waals surface area contributed by atoms with E-state index in [9.17, 15) is 0 Å². The van der Waals surface area contributed by atoms with E-state index in [1.54, 1.807) is 0 Å². The van der Waals surface area contributed by atoms with Crippen molar-refractivity contribution in [1.29, 1.82) is 0 Å². The Morgan fingerprint density at radius 1 is 1.35 bits per heavy atom. The van der Waals surface area contributed by atoms with Crippen molar-refractivity contribution in [2.24, 2.45) is 5.92 Å². The Balaban J connectivity index is 1.74. The lowest BCUT2D eigenvalue weighted by atomic mass is 10.2. The average molecular weight is 236 g/mol. The van der Waals surface area contributed by atoms with Crippen LogP contribution in [0.25, 0.3) is 0 Å². The van der Waals surface area contributed by atoms with Gasteiger partial charge in [-0.2, -0.15) is 0 Å². The maximum Gasteiger partial charge on any atom is 0.118 e. The van der Waals surface area contributed by atoms with E-state index in [0.717, 1.165) is 37.2 Å². The fourth-order valence-corrected chi connectivity index (χ4v) is 1.98. The predicted octanol–water partition coefficient (Wildman–Crippen LogP) is 2.62. The smallest absolute Gasteiger partial charge is 0.118 e. The van der Waals surface area contributed by atoms with Gasteiger partial charge in [0.25, 0.3) is 0 Å². The zero-order valence-corrected chi connectivity index (χ0v) is 11.2. The molecule has 0 radical (unpaired) electrons. The van der Waals surface area contributed by atoms with Gasteiger partial charge in [0.2, 0.25) is 0 Å². The van der Waals surface area contributed by atoms with Crippen molar-refractivity contribution in [1.82, 2.24) is 10.2 Å². The van der Waals surface area contributed by atoms with Crippen LogP contribution in [-0.2, 0) is 13.1 Å². The standard InChI is InChI=1S/C14H24N2O/c1-11(2)8-15-9-13-6-7-14(17-13)10-16(3)12-4-5-12/h6-7,11-12,15H,4-5,8-10H2,1-3H3. The Bertz CT molecular complexity index is 342. The minimum absolute atomic E-state index is 0.686. The van der Waals surface area contributed by atoms with Crippen molar-refractivity contribution in [2.45, 2.75) is 45.8 Å². The molecule has 0 bridgehead atoms. The summed E-state index contributed by atoms with van der Waals surface area (Å²) in [4.78, 5) is 2.38. The van der Waals surface area contributed by atoms with Gasteiger partial charge in [0.15, 0.2) is 0 Å². The third-order valence-corrected chi connectivity index (χ3v) is 3.14. The summed E-state index contributed by atoms with van der Waals surface area (Å²) in [6.45, 7) is 7.24. The fourth-order valence-electron chi connectivity index (χ4n) is 1.98. The second-order valence-corrected chi connectivity index (χ2v) is 5.54. The van der Waals surface area contributed by atoms with Crippen LogP contribution in [0, 0.1) is 5.92 Å². The first kappa shape index (κ1) is 12.7. The van der Waals surface area contributed by atoms with Crippen LogP contribution in [0.2, 0.25) is 0 Å². The Hall–Kier alpha value is -0.800. The molecule has 1 fully saturated rings. The van der Waals surface area contributed by atoms with Gasteiger partial charge in [0.1, 0.15) is 11.5 Å². The quantitative estimate of drug-likeness (QED) is 0.789. The fraction of sp³-hybridized carbons (Fsp3) is 0.714. The summed E-state index contributed by atoms with van der Waals surface area (Å²) in [6, 6.07) is 4.98. The maximum absolute atomic E-state index is 5.81. The molecule has 2 rings (SSSR count). The van der Waals surface area contributed by atoms with E-state index in [0.29, 0.717) is 5.92 Å². The number of furan rings is 1. The molecule has 0 aliphatic heterocycles. The van der Waals surface area contributed by atoms with Crippen LogP contribution in [0.15, 0.2) is 16.5 Å². The molecule has 1 aliphatic carbocycles. The molecule has 3 nitrogen and oxygen atoms in total. The maximum atomic E-state index is 5.81. The first-order valence-electron chi connectivity index (χ1n) is 6.63. The summed E-state index contributed by atoms with van der Waals surface area (Å²) >= 11 is 0. The molecule has 1 saturated carbocycles. The van der Waals surface area contributed by atoms with Gasteiger partial charge in [-0.3, -0.25) is 4.90 Å². The second kappa shape index (κ2) is 5.69. The number of hydrogen-bond donors (Lipinski definition) is 1. The van der Waals surface area contributed by atoms with Gasteiger partial charge < -0.3 is 9.73 Å². The average Bonchev–Trinajstić information content (AvgIpc) is 3.02. The number of rotatable bonds is 7. The Labute approximate surface area is 104 Å². The molecule has 0 spiro atoms. The highest BCUT2D eigenvalue weighted by molar-refractivity contribution is 5.07. The molecule has 0 saturated heterocycles. The van der Waals surface area contributed by atoms with Gasteiger partial charge in [-0.1, -0.05) is 13.8 Å². The summed E-state index contributed by atoms with van der Waals surface area (Å²) in [6.07, 6.45) is 2.69. The summed E-state index contributed by atoms with van der Waals surface area (Å²) < 4.78 is 5.81. The van der Waals surface area contributed by atoms with E-state index >= 15 is 0 Å². The highest BCUT2D eigenvalue weighted by atomic mass is 16.3. The normalized spacial score (nSPS) is 16.1. The van der Waals surface area contributed by atoms with Crippen molar-refractivity contribution in [3.05, 3.63) is 23.7 Å². The minimum atomic E-state index is 0.686. The molecule has 1 N–H and O–H groups in total. The van der Waals surface area contributed by atoms with E-state index in [-0.39, 0.29) is 0 Å². The van der Waals surface area contributed by atoms with E-state index in [4.69, 9.17) is 4.42 Å². The highest BCUT2D eigenvalue weighted by Crippen LogP contribution is 2.26. The molecule has 0 aromatic carbocycles. The zero-order valence-electron chi connectivity index (χ0n) is 11.2. The minimum Gasteiger partial charge on any atom is -0.463 e. The van der Waals surface area contributed by atoms with Crippen LogP contribution in [0.3, 0.4) is 0 Å². The Morgan fingerprint density at radius 2 is 2.06 bits per heavy atom. The lowest BCUT2D eigenvalue weighted by Crippen LogP contribution is -2.19. The summed E-state index contributed by atoms with van der Waals surface area (Å²) in [5, 5.41) is 3.40. The van der Waals surface area contributed by atoms with Crippen LogP contribution < -0.4 is 5.32 Å². The molecule has 1 aliphatic rings. The molecular weight excluding hydrogens is 212 g/mol. The van der Waals surface area contributed by atoms with Crippen LogP contribution in [-0.4, -0.2) is 24.5 Å². The van der Waals surface area contributed by atoms with Crippen molar-refractivity contribution in [3.63, 3.8) is 0 Å². The first-order chi connectivity index (χ1) is 8.15.